The molecule has 0 N–H and O–H groups in total. The Labute approximate surface area is 151 Å². The van der Waals surface area contributed by atoms with Gasteiger partial charge in [0.15, 0.2) is 6.29 Å². The molecule has 120 valence electrons. The third kappa shape index (κ3) is 4.65. The Balaban J connectivity index is 2.30. The Bertz CT molecular complexity index is 729. The lowest BCUT2D eigenvalue weighted by Crippen LogP contribution is -2.12. The van der Waals surface area contributed by atoms with Gasteiger partial charge < -0.3 is 9.47 Å². The molecule has 0 saturated heterocycles. The SMILES string of the molecule is CCCOc1ccc(Br)cc1C(=O)Oc1ccc(Br)cc1C=O. The number of ether oxygens (including phenoxy) is 2. The Kier molecular flexibility index (Phi) is 6.36. The summed E-state index contributed by atoms with van der Waals surface area (Å²) in [7, 11) is 0. The largest absolute Gasteiger partial charge is 0.493 e. The van der Waals surface area contributed by atoms with E-state index in [4.69, 9.17) is 9.47 Å². The van der Waals surface area contributed by atoms with Gasteiger partial charge in [-0.25, -0.2) is 4.79 Å². The lowest BCUT2D eigenvalue weighted by molar-refractivity contribution is 0.0729. The van der Waals surface area contributed by atoms with E-state index in [1.165, 1.54) is 0 Å². The molecule has 0 aromatic heterocycles. The molecular weight excluding hydrogens is 428 g/mol. The molecule has 0 aliphatic carbocycles. The van der Waals surface area contributed by atoms with Gasteiger partial charge in [0.1, 0.15) is 17.1 Å². The summed E-state index contributed by atoms with van der Waals surface area (Å²) in [6.45, 7) is 2.48. The smallest absolute Gasteiger partial charge is 0.347 e. The van der Waals surface area contributed by atoms with E-state index in [-0.39, 0.29) is 5.75 Å². The normalized spacial score (nSPS) is 10.2. The quantitative estimate of drug-likeness (QED) is 0.358. The zero-order valence-corrected chi connectivity index (χ0v) is 15.5. The molecule has 2 aromatic carbocycles. The van der Waals surface area contributed by atoms with Crippen molar-refractivity contribution in [3.8, 4) is 11.5 Å². The van der Waals surface area contributed by atoms with E-state index in [0.29, 0.717) is 29.8 Å². The van der Waals surface area contributed by atoms with Gasteiger partial charge in [0.25, 0.3) is 0 Å². The van der Waals surface area contributed by atoms with Gasteiger partial charge in [-0.3, -0.25) is 4.79 Å². The number of carbonyl (C=O) groups excluding carboxylic acids is 2. The Morgan fingerprint density at radius 2 is 1.74 bits per heavy atom. The van der Waals surface area contributed by atoms with Crippen LogP contribution in [0.15, 0.2) is 45.3 Å². The van der Waals surface area contributed by atoms with Gasteiger partial charge in [-0.15, -0.1) is 0 Å². The maximum Gasteiger partial charge on any atom is 0.347 e. The number of hydrogen-bond acceptors (Lipinski definition) is 4. The molecule has 0 radical (unpaired) electrons. The number of esters is 1. The molecule has 0 heterocycles. The van der Waals surface area contributed by atoms with Crippen LogP contribution in [0.25, 0.3) is 0 Å². The molecule has 0 unspecified atom stereocenters. The Morgan fingerprint density at radius 3 is 2.39 bits per heavy atom. The highest BCUT2D eigenvalue weighted by molar-refractivity contribution is 9.10. The topological polar surface area (TPSA) is 52.6 Å². The molecule has 2 aromatic rings. The van der Waals surface area contributed by atoms with Crippen molar-refractivity contribution in [2.45, 2.75) is 13.3 Å². The van der Waals surface area contributed by atoms with Crippen LogP contribution >= 0.6 is 31.9 Å². The van der Waals surface area contributed by atoms with Gasteiger partial charge in [0, 0.05) is 8.95 Å². The molecule has 6 heteroatoms. The molecule has 0 saturated carbocycles. The molecule has 0 amide bonds. The fourth-order valence-electron chi connectivity index (χ4n) is 1.86. The second kappa shape index (κ2) is 8.26. The summed E-state index contributed by atoms with van der Waals surface area (Å²) in [6, 6.07) is 9.98. The number of carbonyl (C=O) groups is 2. The van der Waals surface area contributed by atoms with E-state index in [1.54, 1.807) is 36.4 Å². The highest BCUT2D eigenvalue weighted by Gasteiger charge is 2.17. The van der Waals surface area contributed by atoms with Crippen LogP contribution < -0.4 is 9.47 Å². The predicted octanol–water partition coefficient (Wildman–Crippen LogP) is 5.03. The highest BCUT2D eigenvalue weighted by atomic mass is 79.9. The summed E-state index contributed by atoms with van der Waals surface area (Å²) in [6.07, 6.45) is 1.47. The van der Waals surface area contributed by atoms with Crippen molar-refractivity contribution in [1.29, 1.82) is 0 Å². The summed E-state index contributed by atoms with van der Waals surface area (Å²) >= 11 is 6.60. The van der Waals surface area contributed by atoms with Gasteiger partial charge in [0.05, 0.1) is 12.2 Å². The highest BCUT2D eigenvalue weighted by Crippen LogP contribution is 2.27. The van der Waals surface area contributed by atoms with Crippen LogP contribution in [0.2, 0.25) is 0 Å². The molecule has 23 heavy (non-hydrogen) atoms. The first kappa shape index (κ1) is 17.7. The van der Waals surface area contributed by atoms with Gasteiger partial charge in [-0.05, 0) is 42.8 Å². The fraction of sp³-hybridized carbons (Fsp3) is 0.176. The van der Waals surface area contributed by atoms with E-state index in [9.17, 15) is 9.59 Å². The zero-order chi connectivity index (χ0) is 16.8. The summed E-state index contributed by atoms with van der Waals surface area (Å²) in [5.74, 6) is 0.0715. The first-order chi connectivity index (χ1) is 11.0. The van der Waals surface area contributed by atoms with Crippen LogP contribution in [-0.4, -0.2) is 18.9 Å². The average molecular weight is 442 g/mol. The lowest BCUT2D eigenvalue weighted by atomic mass is 10.2. The van der Waals surface area contributed by atoms with Crippen molar-refractivity contribution < 1.29 is 19.1 Å². The van der Waals surface area contributed by atoms with E-state index in [0.717, 1.165) is 15.4 Å². The molecule has 2 rings (SSSR count). The van der Waals surface area contributed by atoms with Gasteiger partial charge in [-0.1, -0.05) is 38.8 Å². The van der Waals surface area contributed by atoms with Crippen LogP contribution in [-0.2, 0) is 0 Å². The van der Waals surface area contributed by atoms with E-state index in [2.05, 4.69) is 31.9 Å². The first-order valence-electron chi connectivity index (χ1n) is 6.94. The van der Waals surface area contributed by atoms with Crippen molar-refractivity contribution in [2.75, 3.05) is 6.61 Å². The average Bonchev–Trinajstić information content (AvgIpc) is 2.55. The summed E-state index contributed by atoms with van der Waals surface area (Å²) < 4.78 is 12.4. The van der Waals surface area contributed by atoms with Gasteiger partial charge in [-0.2, -0.15) is 0 Å². The third-order valence-corrected chi connectivity index (χ3v) is 3.91. The molecule has 0 bridgehead atoms. The molecule has 0 atom stereocenters. The predicted molar refractivity (Wildman–Crippen MR) is 94.4 cm³/mol. The minimum atomic E-state index is -0.581. The molecule has 0 aliphatic heterocycles. The van der Waals surface area contributed by atoms with Gasteiger partial charge in [0.2, 0.25) is 0 Å². The lowest BCUT2D eigenvalue weighted by Gasteiger charge is -2.12. The minimum absolute atomic E-state index is 0.203. The van der Waals surface area contributed by atoms with Crippen LogP contribution in [0, 0.1) is 0 Å². The molecule has 0 spiro atoms. The number of benzene rings is 2. The van der Waals surface area contributed by atoms with Crippen LogP contribution in [0.1, 0.15) is 34.1 Å². The Hall–Kier alpha value is -1.66. The maximum absolute atomic E-state index is 12.5. The van der Waals surface area contributed by atoms with Crippen molar-refractivity contribution in [3.63, 3.8) is 0 Å². The molecule has 4 nitrogen and oxygen atoms in total. The van der Waals surface area contributed by atoms with E-state index in [1.807, 2.05) is 6.92 Å². The monoisotopic (exact) mass is 440 g/mol. The van der Waals surface area contributed by atoms with Crippen LogP contribution in [0.5, 0.6) is 11.5 Å². The summed E-state index contributed by atoms with van der Waals surface area (Å²) in [5.41, 5.74) is 0.589. The Morgan fingerprint density at radius 1 is 1.09 bits per heavy atom. The second-order valence-electron chi connectivity index (χ2n) is 4.68. The maximum atomic E-state index is 12.5. The van der Waals surface area contributed by atoms with Crippen molar-refractivity contribution in [3.05, 3.63) is 56.5 Å². The first-order valence-corrected chi connectivity index (χ1v) is 8.53. The van der Waals surface area contributed by atoms with Gasteiger partial charge >= 0.3 is 5.97 Å². The van der Waals surface area contributed by atoms with Crippen molar-refractivity contribution >= 4 is 44.1 Å². The standard InChI is InChI=1S/C17H14Br2O4/c1-2-7-22-16-6-4-13(19)9-14(16)17(21)23-15-5-3-12(18)8-11(15)10-20/h3-6,8-10H,2,7H2,1H3. The summed E-state index contributed by atoms with van der Waals surface area (Å²) in [5, 5.41) is 0. The summed E-state index contributed by atoms with van der Waals surface area (Å²) in [4.78, 5) is 23.6. The van der Waals surface area contributed by atoms with E-state index < -0.39 is 5.97 Å². The molecule has 0 fully saturated rings. The van der Waals surface area contributed by atoms with Crippen LogP contribution in [0.3, 0.4) is 0 Å². The minimum Gasteiger partial charge on any atom is -0.493 e. The van der Waals surface area contributed by atoms with Crippen molar-refractivity contribution in [2.24, 2.45) is 0 Å². The molecular formula is C17H14Br2O4. The third-order valence-electron chi connectivity index (χ3n) is 2.92. The van der Waals surface area contributed by atoms with Crippen LogP contribution in [0.4, 0.5) is 0 Å². The number of hydrogen-bond donors (Lipinski definition) is 0. The fourth-order valence-corrected chi connectivity index (χ4v) is 2.60. The molecule has 0 aliphatic rings. The van der Waals surface area contributed by atoms with E-state index >= 15 is 0 Å². The number of aldehydes is 1. The zero-order valence-electron chi connectivity index (χ0n) is 12.3. The number of halogens is 2. The van der Waals surface area contributed by atoms with Crippen molar-refractivity contribution in [1.82, 2.24) is 0 Å². The number of rotatable bonds is 6. The second-order valence-corrected chi connectivity index (χ2v) is 6.51.